The topological polar surface area (TPSA) is 177 Å². The largest absolute Gasteiger partial charge is 0.432 e. The molecule has 0 aromatic carbocycles. The fraction of sp³-hybridized carbons (Fsp3) is 0.917. The quantitative estimate of drug-likeness (QED) is 0.177. The number of aliphatic hydroxyl groups excluding tert-OH is 6. The number of hydrogen-bond acceptors (Lipinski definition) is 10. The van der Waals surface area contributed by atoms with Gasteiger partial charge in [-0.1, -0.05) is 46.3 Å². The van der Waals surface area contributed by atoms with Crippen LogP contribution in [0.3, 0.4) is 0 Å². The number of fused-ring (bicyclic) bond motifs is 7. The highest BCUT2D eigenvalue weighted by Crippen LogP contribution is 2.76. The lowest BCUT2D eigenvalue weighted by molar-refractivity contribution is -0.299. The van der Waals surface area contributed by atoms with E-state index in [9.17, 15) is 40.5 Å². The van der Waals surface area contributed by atoms with Crippen LogP contribution in [0.2, 0.25) is 0 Å². The summed E-state index contributed by atoms with van der Waals surface area (Å²) in [6.45, 7) is 12.3. The molecule has 6 aliphatic rings. The summed E-state index contributed by atoms with van der Waals surface area (Å²) in [6, 6.07) is 0. The maximum absolute atomic E-state index is 14.5. The summed E-state index contributed by atoms with van der Waals surface area (Å²) in [6.07, 6.45) is 0.492. The van der Waals surface area contributed by atoms with Crippen LogP contribution in [0.5, 0.6) is 0 Å². The van der Waals surface area contributed by atoms with Crippen LogP contribution in [0.1, 0.15) is 99.3 Å². The predicted molar refractivity (Wildman–Crippen MR) is 168 cm³/mol. The third-order valence-electron chi connectivity index (χ3n) is 15.7. The summed E-state index contributed by atoms with van der Waals surface area (Å²) in [5.41, 5.74) is -2.34. The third kappa shape index (κ3) is 4.39. The molecule has 0 amide bonds. The molecule has 1 aliphatic heterocycles. The average molecular weight is 651 g/mol. The Morgan fingerprint density at radius 1 is 0.891 bits per heavy atom. The van der Waals surface area contributed by atoms with Crippen LogP contribution in [-0.4, -0.2) is 97.3 Å². The van der Waals surface area contributed by atoms with E-state index in [0.29, 0.717) is 38.0 Å². The molecule has 0 radical (unpaired) electrons. The van der Waals surface area contributed by atoms with E-state index in [-0.39, 0.29) is 34.7 Å². The molecular formula is C36H58O10. The average Bonchev–Trinajstić information content (AvgIpc) is 3.01. The summed E-state index contributed by atoms with van der Waals surface area (Å²) >= 11 is 0. The van der Waals surface area contributed by atoms with Gasteiger partial charge in [-0.3, -0.25) is 4.79 Å². The summed E-state index contributed by atoms with van der Waals surface area (Å²) < 4.78 is 11.5. The Kier molecular flexibility index (Phi) is 8.46. The van der Waals surface area contributed by atoms with Gasteiger partial charge in [-0.2, -0.15) is 0 Å². The Balaban J connectivity index is 1.39. The number of carbonyl (C=O) groups excluding carboxylic acids is 1. The highest BCUT2D eigenvalue weighted by Gasteiger charge is 2.72. The number of ether oxygens (including phenoxy) is 2. The predicted octanol–water partition coefficient (Wildman–Crippen LogP) is 2.44. The highest BCUT2D eigenvalue weighted by atomic mass is 16.7. The number of hydrogen-bond donors (Lipinski definition) is 7. The molecule has 4 saturated carbocycles. The molecule has 5 aliphatic carbocycles. The molecule has 262 valence electrons. The van der Waals surface area contributed by atoms with Crippen LogP contribution >= 0.6 is 0 Å². The van der Waals surface area contributed by atoms with Gasteiger partial charge in [-0.25, -0.2) is 0 Å². The maximum atomic E-state index is 14.5. The van der Waals surface area contributed by atoms with Crippen molar-refractivity contribution in [3.05, 3.63) is 11.6 Å². The van der Waals surface area contributed by atoms with Crippen LogP contribution in [0.15, 0.2) is 11.6 Å². The van der Waals surface area contributed by atoms with Crippen LogP contribution in [0, 0.1) is 50.7 Å². The van der Waals surface area contributed by atoms with Crippen LogP contribution in [0.4, 0.5) is 0 Å². The molecule has 0 bridgehead atoms. The first kappa shape index (κ1) is 34.7. The fourth-order valence-electron chi connectivity index (χ4n) is 12.3. The first-order chi connectivity index (χ1) is 21.4. The standard InChI is InChI=1S/C36H58O10/c1-19-9-14-36(30(43)46-29-27(42)26(41)25(40)21(17-37)45-29)16-15-33(4)20(28(36)35(19,6)44)7-8-23-31(2)12-11-24(39)32(3,18-38)22(31)10-13-34(23,33)5/h7,19,21-29,37-42,44H,8-18H2,1-6H3/t19-,21-,22-,23-,24+,25-,26+,27-,28-,29+,31+,32-,33-,34-,35-,36+/m1/s1. The van der Waals surface area contributed by atoms with E-state index in [0.717, 1.165) is 31.3 Å². The second-order valence-corrected chi connectivity index (χ2v) is 17.4. The Morgan fingerprint density at radius 2 is 1.59 bits per heavy atom. The molecule has 5 fully saturated rings. The molecule has 10 nitrogen and oxygen atoms in total. The van der Waals surface area contributed by atoms with E-state index in [1.807, 2.05) is 20.8 Å². The van der Waals surface area contributed by atoms with Gasteiger partial charge in [-0.05, 0) is 98.7 Å². The van der Waals surface area contributed by atoms with Crippen molar-refractivity contribution in [2.75, 3.05) is 13.2 Å². The van der Waals surface area contributed by atoms with E-state index in [4.69, 9.17) is 9.47 Å². The van der Waals surface area contributed by atoms with Crippen LogP contribution in [-0.2, 0) is 14.3 Å². The third-order valence-corrected chi connectivity index (χ3v) is 15.7. The second-order valence-electron chi connectivity index (χ2n) is 17.4. The molecule has 46 heavy (non-hydrogen) atoms. The molecule has 0 aromatic rings. The first-order valence-electron chi connectivity index (χ1n) is 17.6. The minimum atomic E-state index is -1.70. The summed E-state index contributed by atoms with van der Waals surface area (Å²) in [5.74, 6) is -0.749. The van der Waals surface area contributed by atoms with Crippen LogP contribution in [0.25, 0.3) is 0 Å². The first-order valence-corrected chi connectivity index (χ1v) is 17.6. The van der Waals surface area contributed by atoms with Crippen molar-refractivity contribution in [3.8, 4) is 0 Å². The highest BCUT2D eigenvalue weighted by molar-refractivity contribution is 5.79. The van der Waals surface area contributed by atoms with Gasteiger partial charge in [0.15, 0.2) is 0 Å². The van der Waals surface area contributed by atoms with Crippen LogP contribution < -0.4 is 0 Å². The Hall–Kier alpha value is -1.11. The SMILES string of the molecule is C[C@@H]1CC[C@]2(C(=O)O[C@@H]3O[C@H](CO)[C@@H](O)[C@H](O)[C@H]3O)CC[C@]3(C)C(=CC[C@@H]4[C@@]5(C)CC[C@H](O)[C@](C)(CO)[C@@H]5CC[C@]43C)[C@@H]2[C@]1(C)O. The van der Waals surface area contributed by atoms with Crippen molar-refractivity contribution in [1.82, 2.24) is 0 Å². The van der Waals surface area contributed by atoms with E-state index in [1.54, 1.807) is 0 Å². The molecule has 10 heteroatoms. The van der Waals surface area contributed by atoms with Gasteiger partial charge < -0.3 is 45.2 Å². The lowest BCUT2D eigenvalue weighted by Gasteiger charge is -2.72. The van der Waals surface area contributed by atoms with Crippen molar-refractivity contribution in [1.29, 1.82) is 0 Å². The van der Waals surface area contributed by atoms with Gasteiger partial charge in [0.2, 0.25) is 6.29 Å². The number of allylic oxidation sites excluding steroid dienone is 1. The van der Waals surface area contributed by atoms with Gasteiger partial charge in [0.1, 0.15) is 24.4 Å². The van der Waals surface area contributed by atoms with Crippen molar-refractivity contribution in [2.24, 2.45) is 50.7 Å². The van der Waals surface area contributed by atoms with Crippen molar-refractivity contribution < 1.29 is 50.0 Å². The van der Waals surface area contributed by atoms with E-state index in [1.165, 1.54) is 0 Å². The van der Waals surface area contributed by atoms with E-state index >= 15 is 0 Å². The monoisotopic (exact) mass is 650 g/mol. The lowest BCUT2D eigenvalue weighted by Crippen LogP contribution is -2.68. The molecule has 1 heterocycles. The van der Waals surface area contributed by atoms with E-state index in [2.05, 4.69) is 26.8 Å². The van der Waals surface area contributed by atoms with Crippen molar-refractivity contribution in [2.45, 2.75) is 142 Å². The maximum Gasteiger partial charge on any atom is 0.315 e. The van der Waals surface area contributed by atoms with Gasteiger partial charge in [-0.15, -0.1) is 0 Å². The Labute approximate surface area is 273 Å². The number of esters is 1. The summed E-state index contributed by atoms with van der Waals surface area (Å²) in [4.78, 5) is 14.5. The molecule has 1 saturated heterocycles. The summed E-state index contributed by atoms with van der Waals surface area (Å²) in [5, 5.41) is 75.0. The Morgan fingerprint density at radius 3 is 2.24 bits per heavy atom. The zero-order chi connectivity index (χ0) is 33.8. The van der Waals surface area contributed by atoms with Gasteiger partial charge >= 0.3 is 5.97 Å². The molecule has 6 rings (SSSR count). The van der Waals surface area contributed by atoms with Crippen molar-refractivity contribution in [3.63, 3.8) is 0 Å². The number of rotatable bonds is 4. The lowest BCUT2D eigenvalue weighted by atomic mass is 9.33. The van der Waals surface area contributed by atoms with Crippen molar-refractivity contribution >= 4 is 5.97 Å². The van der Waals surface area contributed by atoms with Gasteiger partial charge in [0.25, 0.3) is 0 Å². The molecule has 0 unspecified atom stereocenters. The smallest absolute Gasteiger partial charge is 0.315 e. The van der Waals surface area contributed by atoms with Gasteiger partial charge in [0.05, 0.1) is 30.3 Å². The van der Waals surface area contributed by atoms with E-state index < -0.39 is 71.7 Å². The molecule has 7 N–H and O–H groups in total. The minimum absolute atomic E-state index is 0.0435. The normalized spacial score (nSPS) is 56.8. The second kappa shape index (κ2) is 11.2. The number of carbonyl (C=O) groups is 1. The molecule has 0 aromatic heterocycles. The molecule has 16 atom stereocenters. The Bertz CT molecular complexity index is 1240. The zero-order valence-corrected chi connectivity index (χ0v) is 28.5. The number of aliphatic hydroxyl groups is 7. The van der Waals surface area contributed by atoms with Gasteiger partial charge in [0, 0.05) is 11.3 Å². The zero-order valence-electron chi connectivity index (χ0n) is 28.5. The molecule has 0 spiro atoms. The fourth-order valence-corrected chi connectivity index (χ4v) is 12.3. The molecular weight excluding hydrogens is 592 g/mol. The summed E-state index contributed by atoms with van der Waals surface area (Å²) in [7, 11) is 0. The minimum Gasteiger partial charge on any atom is -0.432 e.